The third-order valence-electron chi connectivity index (χ3n) is 4.42. The van der Waals surface area contributed by atoms with Crippen molar-refractivity contribution in [3.05, 3.63) is 58.8 Å². The van der Waals surface area contributed by atoms with Gasteiger partial charge in [0.15, 0.2) is 5.58 Å². The largest absolute Gasteiger partial charge is 0.442 e. The van der Waals surface area contributed by atoms with Crippen molar-refractivity contribution < 1.29 is 23.1 Å². The zero-order valence-corrected chi connectivity index (χ0v) is 14.8. The van der Waals surface area contributed by atoms with Crippen LogP contribution in [0.25, 0.3) is 16.8 Å². The number of oxazole rings is 1. The van der Waals surface area contributed by atoms with Crippen molar-refractivity contribution in [3.63, 3.8) is 0 Å². The summed E-state index contributed by atoms with van der Waals surface area (Å²) in [4.78, 5) is 36.5. The molecule has 2 aromatic carbocycles. The number of fused-ring (bicyclic) bond motifs is 1. The molecular formula is C19H16FN3O5. The summed E-state index contributed by atoms with van der Waals surface area (Å²) in [7, 11) is 0. The summed E-state index contributed by atoms with van der Waals surface area (Å²) in [5.74, 6) is -1.63. The van der Waals surface area contributed by atoms with Crippen LogP contribution in [0.4, 0.5) is 14.9 Å². The molecule has 1 aliphatic rings. The van der Waals surface area contributed by atoms with Crippen molar-refractivity contribution >= 4 is 28.8 Å². The predicted octanol–water partition coefficient (Wildman–Crippen LogP) is 2.18. The van der Waals surface area contributed by atoms with Crippen LogP contribution in [0, 0.1) is 5.82 Å². The smallest absolute Gasteiger partial charge is 0.424 e. The Labute approximate surface area is 158 Å². The van der Waals surface area contributed by atoms with Gasteiger partial charge in [0, 0.05) is 6.92 Å². The average Bonchev–Trinajstić information content (AvgIpc) is 3.19. The summed E-state index contributed by atoms with van der Waals surface area (Å²) < 4.78 is 26.3. The highest BCUT2D eigenvalue weighted by Gasteiger charge is 2.32. The minimum atomic E-state index is -0.705. The summed E-state index contributed by atoms with van der Waals surface area (Å²) in [6.07, 6.45) is -1.16. The molecule has 1 saturated heterocycles. The first-order valence-corrected chi connectivity index (χ1v) is 8.57. The second kappa shape index (κ2) is 6.84. The maximum atomic E-state index is 14.8. The molecule has 0 aliphatic carbocycles. The number of para-hydroxylation sites is 2. The normalized spacial score (nSPS) is 16.4. The minimum Gasteiger partial charge on any atom is -0.442 e. The van der Waals surface area contributed by atoms with Crippen LogP contribution >= 0.6 is 0 Å². The first kappa shape index (κ1) is 17.8. The van der Waals surface area contributed by atoms with Crippen molar-refractivity contribution in [3.8, 4) is 5.69 Å². The third kappa shape index (κ3) is 3.11. The molecule has 0 spiro atoms. The van der Waals surface area contributed by atoms with Crippen LogP contribution in [-0.4, -0.2) is 35.8 Å². The predicted molar refractivity (Wildman–Crippen MR) is 98.1 cm³/mol. The van der Waals surface area contributed by atoms with Gasteiger partial charge in [-0.2, -0.15) is 0 Å². The molecule has 0 bridgehead atoms. The maximum absolute atomic E-state index is 14.8. The lowest BCUT2D eigenvalue weighted by atomic mass is 10.2. The van der Waals surface area contributed by atoms with E-state index in [1.807, 2.05) is 0 Å². The number of carbonyl (C=O) groups is 2. The Morgan fingerprint density at radius 1 is 1.25 bits per heavy atom. The van der Waals surface area contributed by atoms with Crippen LogP contribution in [0.1, 0.15) is 6.92 Å². The van der Waals surface area contributed by atoms with E-state index in [9.17, 15) is 18.8 Å². The highest BCUT2D eigenvalue weighted by Crippen LogP contribution is 2.26. The summed E-state index contributed by atoms with van der Waals surface area (Å²) in [6.45, 7) is 1.71. The molecule has 1 atom stereocenters. The molecule has 144 valence electrons. The Hall–Kier alpha value is -3.62. The Bertz CT molecular complexity index is 1140. The van der Waals surface area contributed by atoms with Gasteiger partial charge in [-0.15, -0.1) is 0 Å². The number of hydrogen-bond acceptors (Lipinski definition) is 5. The number of halogens is 1. The quantitative estimate of drug-likeness (QED) is 0.743. The molecule has 1 aliphatic heterocycles. The van der Waals surface area contributed by atoms with E-state index in [2.05, 4.69) is 5.32 Å². The molecule has 1 N–H and O–H groups in total. The molecule has 0 saturated carbocycles. The van der Waals surface area contributed by atoms with Gasteiger partial charge in [0.25, 0.3) is 0 Å². The number of carbonyl (C=O) groups excluding carboxylic acids is 2. The Morgan fingerprint density at radius 3 is 2.79 bits per heavy atom. The van der Waals surface area contributed by atoms with E-state index in [4.69, 9.17) is 9.15 Å². The van der Waals surface area contributed by atoms with Crippen molar-refractivity contribution in [2.24, 2.45) is 0 Å². The van der Waals surface area contributed by atoms with Crippen molar-refractivity contribution in [2.75, 3.05) is 18.0 Å². The van der Waals surface area contributed by atoms with E-state index in [0.29, 0.717) is 11.1 Å². The number of anilines is 1. The SMILES string of the molecule is CC(=O)NCC1CN(c2ccc(-n3c(=O)oc4ccccc43)c(F)c2)C(=O)O1. The molecule has 28 heavy (non-hydrogen) atoms. The molecule has 0 radical (unpaired) electrons. The van der Waals surface area contributed by atoms with Crippen molar-refractivity contribution in [1.29, 1.82) is 0 Å². The monoisotopic (exact) mass is 385 g/mol. The van der Waals surface area contributed by atoms with Gasteiger partial charge in [-0.1, -0.05) is 12.1 Å². The van der Waals surface area contributed by atoms with E-state index < -0.39 is 23.8 Å². The number of nitrogens with one attached hydrogen (secondary N) is 1. The molecule has 9 heteroatoms. The molecule has 3 aromatic rings. The topological polar surface area (TPSA) is 93.8 Å². The number of benzene rings is 2. The fraction of sp³-hybridized carbons (Fsp3) is 0.211. The van der Waals surface area contributed by atoms with Crippen LogP contribution in [-0.2, 0) is 9.53 Å². The zero-order chi connectivity index (χ0) is 19.8. The Morgan fingerprint density at radius 2 is 2.04 bits per heavy atom. The van der Waals surface area contributed by atoms with Crippen LogP contribution in [0.2, 0.25) is 0 Å². The minimum absolute atomic E-state index is 0.0149. The number of hydrogen-bond donors (Lipinski definition) is 1. The highest BCUT2D eigenvalue weighted by molar-refractivity contribution is 5.90. The molecule has 2 heterocycles. The molecule has 1 unspecified atom stereocenters. The van der Waals surface area contributed by atoms with Gasteiger partial charge in [-0.05, 0) is 30.3 Å². The van der Waals surface area contributed by atoms with Gasteiger partial charge in [-0.25, -0.2) is 18.5 Å². The number of ether oxygens (including phenoxy) is 1. The number of cyclic esters (lactones) is 1. The summed E-state index contributed by atoms with van der Waals surface area (Å²) in [5.41, 5.74) is 1.09. The highest BCUT2D eigenvalue weighted by atomic mass is 19.1. The fourth-order valence-corrected chi connectivity index (χ4v) is 3.14. The first-order valence-electron chi connectivity index (χ1n) is 8.57. The van der Waals surface area contributed by atoms with Crippen molar-refractivity contribution in [1.82, 2.24) is 9.88 Å². The first-order chi connectivity index (χ1) is 13.4. The zero-order valence-electron chi connectivity index (χ0n) is 14.8. The molecule has 2 amide bonds. The molecule has 1 fully saturated rings. The number of nitrogens with zero attached hydrogens (tertiary/aromatic N) is 2. The number of rotatable bonds is 4. The van der Waals surface area contributed by atoms with Gasteiger partial charge in [-0.3, -0.25) is 9.69 Å². The van der Waals surface area contributed by atoms with Gasteiger partial charge >= 0.3 is 11.8 Å². The van der Waals surface area contributed by atoms with E-state index in [-0.39, 0.29) is 30.4 Å². The Balaban J connectivity index is 1.63. The molecular weight excluding hydrogens is 369 g/mol. The Kier molecular flexibility index (Phi) is 4.34. The van der Waals surface area contributed by atoms with Crippen LogP contribution < -0.4 is 16.0 Å². The number of aromatic nitrogens is 1. The molecule has 4 rings (SSSR count). The lowest BCUT2D eigenvalue weighted by Crippen LogP contribution is -2.33. The summed E-state index contributed by atoms with van der Waals surface area (Å²) >= 11 is 0. The average molecular weight is 385 g/mol. The third-order valence-corrected chi connectivity index (χ3v) is 4.42. The van der Waals surface area contributed by atoms with Crippen molar-refractivity contribution in [2.45, 2.75) is 13.0 Å². The van der Waals surface area contributed by atoms with E-state index >= 15 is 0 Å². The molecule has 1 aromatic heterocycles. The van der Waals surface area contributed by atoms with Crippen LogP contribution in [0.3, 0.4) is 0 Å². The number of amides is 2. The second-order valence-electron chi connectivity index (χ2n) is 6.36. The standard InChI is InChI=1S/C19H16FN3O5/c1-11(24)21-9-13-10-22(18(25)27-13)12-6-7-15(14(20)8-12)23-16-4-2-3-5-17(16)28-19(23)26/h2-8,13H,9-10H2,1H3,(H,21,24). The van der Waals surface area contributed by atoms with Gasteiger partial charge in [0.1, 0.15) is 11.9 Å². The molecule has 8 nitrogen and oxygen atoms in total. The van der Waals surface area contributed by atoms with Crippen LogP contribution in [0.15, 0.2) is 51.7 Å². The summed E-state index contributed by atoms with van der Waals surface area (Å²) in [5, 5.41) is 2.58. The van der Waals surface area contributed by atoms with Gasteiger partial charge in [0.05, 0.1) is 30.0 Å². The van der Waals surface area contributed by atoms with E-state index in [1.54, 1.807) is 24.3 Å². The second-order valence-corrected chi connectivity index (χ2v) is 6.36. The van der Waals surface area contributed by atoms with Crippen LogP contribution in [0.5, 0.6) is 0 Å². The van der Waals surface area contributed by atoms with Gasteiger partial charge < -0.3 is 14.5 Å². The van der Waals surface area contributed by atoms with E-state index in [0.717, 1.165) is 10.6 Å². The van der Waals surface area contributed by atoms with Gasteiger partial charge in [0.2, 0.25) is 5.91 Å². The summed E-state index contributed by atoms with van der Waals surface area (Å²) in [6, 6.07) is 10.8. The lowest BCUT2D eigenvalue weighted by molar-refractivity contribution is -0.119. The van der Waals surface area contributed by atoms with E-state index in [1.165, 1.54) is 24.0 Å². The lowest BCUT2D eigenvalue weighted by Gasteiger charge is -2.14. The fourth-order valence-electron chi connectivity index (χ4n) is 3.14. The maximum Gasteiger partial charge on any atom is 0.424 e.